The van der Waals surface area contributed by atoms with Gasteiger partial charge in [-0.3, -0.25) is 9.78 Å². The van der Waals surface area contributed by atoms with Crippen LogP contribution in [0.2, 0.25) is 0 Å². The van der Waals surface area contributed by atoms with Crippen LogP contribution in [0.25, 0.3) is 0 Å². The van der Waals surface area contributed by atoms with Gasteiger partial charge in [0.15, 0.2) is 5.76 Å². The maximum atomic E-state index is 12.4. The zero-order valence-corrected chi connectivity index (χ0v) is 14.1. The molecule has 1 amide bonds. The number of piperidine rings is 1. The Labute approximate surface area is 146 Å². The van der Waals surface area contributed by atoms with Crippen molar-refractivity contribution in [3.63, 3.8) is 0 Å². The normalized spacial score (nSPS) is 22.2. The second-order valence-electron chi connectivity index (χ2n) is 6.91. The largest absolute Gasteiger partial charge is 0.489 e. The topological polar surface area (TPSA) is 64.8 Å². The highest BCUT2D eigenvalue weighted by Gasteiger charge is 2.43. The van der Waals surface area contributed by atoms with E-state index in [1.54, 1.807) is 24.5 Å². The van der Waals surface area contributed by atoms with Crippen LogP contribution in [-0.4, -0.2) is 48.2 Å². The van der Waals surface area contributed by atoms with Gasteiger partial charge in [-0.2, -0.15) is 0 Å². The lowest BCUT2D eigenvalue weighted by Crippen LogP contribution is -2.43. The zero-order chi connectivity index (χ0) is 17.1. The van der Waals surface area contributed by atoms with Crippen LogP contribution in [0.15, 0.2) is 47.3 Å². The van der Waals surface area contributed by atoms with Crippen LogP contribution < -0.4 is 4.74 Å². The standard InChI is InChI=1S/C19H22N2O4/c22-18(17-4-2-10-23-17)21-8-5-19(6-9-21)11-16(25-14-19)13-24-15-3-1-7-20-12-15/h1-4,7,10,12,16H,5-6,8-9,11,13-14H2/t16-/m1/s1. The summed E-state index contributed by atoms with van der Waals surface area (Å²) in [6.45, 7) is 2.79. The minimum absolute atomic E-state index is 0.0183. The molecule has 0 N–H and O–H groups in total. The molecule has 132 valence electrons. The zero-order valence-electron chi connectivity index (χ0n) is 14.1. The molecule has 2 aromatic rings. The Kier molecular flexibility index (Phi) is 4.44. The van der Waals surface area contributed by atoms with Crippen molar-refractivity contribution in [2.45, 2.75) is 25.4 Å². The average molecular weight is 342 g/mol. The number of ether oxygens (including phenoxy) is 2. The number of rotatable bonds is 4. The molecule has 4 rings (SSSR count). The quantitative estimate of drug-likeness (QED) is 0.855. The lowest BCUT2D eigenvalue weighted by Gasteiger charge is -2.38. The van der Waals surface area contributed by atoms with Crippen LogP contribution in [0.5, 0.6) is 5.75 Å². The van der Waals surface area contributed by atoms with Gasteiger partial charge in [-0.25, -0.2) is 0 Å². The van der Waals surface area contributed by atoms with E-state index in [0.717, 1.165) is 44.7 Å². The minimum atomic E-state index is -0.0183. The number of carbonyl (C=O) groups excluding carboxylic acids is 1. The summed E-state index contributed by atoms with van der Waals surface area (Å²) in [6.07, 6.45) is 7.99. The predicted molar refractivity (Wildman–Crippen MR) is 90.4 cm³/mol. The molecule has 0 saturated carbocycles. The van der Waals surface area contributed by atoms with E-state index in [1.807, 2.05) is 17.0 Å². The lowest BCUT2D eigenvalue weighted by molar-refractivity contribution is 0.0414. The number of likely N-dealkylation sites (tertiary alicyclic amines) is 1. The highest BCUT2D eigenvalue weighted by molar-refractivity contribution is 5.91. The molecule has 0 aromatic carbocycles. The molecular formula is C19H22N2O4. The number of hydrogen-bond acceptors (Lipinski definition) is 5. The van der Waals surface area contributed by atoms with Crippen LogP contribution in [0.1, 0.15) is 29.8 Å². The van der Waals surface area contributed by atoms with E-state index in [0.29, 0.717) is 12.4 Å². The number of carbonyl (C=O) groups is 1. The van der Waals surface area contributed by atoms with Crippen molar-refractivity contribution in [3.05, 3.63) is 48.7 Å². The first-order chi connectivity index (χ1) is 12.2. The Morgan fingerprint density at radius 1 is 1.32 bits per heavy atom. The minimum Gasteiger partial charge on any atom is -0.489 e. The number of hydrogen-bond donors (Lipinski definition) is 0. The Bertz CT molecular complexity index is 693. The van der Waals surface area contributed by atoms with E-state index in [2.05, 4.69) is 4.98 Å². The van der Waals surface area contributed by atoms with Gasteiger partial charge in [-0.1, -0.05) is 0 Å². The van der Waals surface area contributed by atoms with Crippen molar-refractivity contribution in [2.75, 3.05) is 26.3 Å². The molecule has 2 aliphatic heterocycles. The molecule has 6 heteroatoms. The van der Waals surface area contributed by atoms with Crippen LogP contribution >= 0.6 is 0 Å². The second-order valence-corrected chi connectivity index (χ2v) is 6.91. The second kappa shape index (κ2) is 6.88. The van der Waals surface area contributed by atoms with Gasteiger partial charge in [0.05, 0.1) is 25.2 Å². The van der Waals surface area contributed by atoms with Gasteiger partial charge < -0.3 is 18.8 Å². The highest BCUT2D eigenvalue weighted by Crippen LogP contribution is 2.42. The first-order valence-corrected chi connectivity index (χ1v) is 8.71. The third kappa shape index (κ3) is 3.54. The molecule has 0 aliphatic carbocycles. The van der Waals surface area contributed by atoms with Crippen LogP contribution in [0, 0.1) is 5.41 Å². The lowest BCUT2D eigenvalue weighted by atomic mass is 9.76. The number of pyridine rings is 1. The fourth-order valence-electron chi connectivity index (χ4n) is 3.71. The Hall–Kier alpha value is -2.34. The first kappa shape index (κ1) is 16.1. The molecule has 4 heterocycles. The van der Waals surface area contributed by atoms with Crippen molar-refractivity contribution in [1.82, 2.24) is 9.88 Å². The summed E-state index contributed by atoms with van der Waals surface area (Å²) in [6, 6.07) is 7.22. The average Bonchev–Trinajstić information content (AvgIpc) is 3.32. The van der Waals surface area contributed by atoms with Gasteiger partial charge in [0.25, 0.3) is 5.91 Å². The molecular weight excluding hydrogens is 320 g/mol. The SMILES string of the molecule is O=C(c1ccco1)N1CCC2(CC1)CO[C@@H](COc1cccnc1)C2. The van der Waals surface area contributed by atoms with Gasteiger partial charge in [0.2, 0.25) is 0 Å². The first-order valence-electron chi connectivity index (χ1n) is 8.71. The van der Waals surface area contributed by atoms with Crippen LogP contribution in [0.3, 0.4) is 0 Å². The molecule has 1 spiro atoms. The molecule has 0 bridgehead atoms. The molecule has 0 radical (unpaired) electrons. The Morgan fingerprint density at radius 2 is 2.20 bits per heavy atom. The highest BCUT2D eigenvalue weighted by atomic mass is 16.5. The van der Waals surface area contributed by atoms with E-state index in [9.17, 15) is 4.79 Å². The van der Waals surface area contributed by atoms with Crippen molar-refractivity contribution in [3.8, 4) is 5.75 Å². The summed E-state index contributed by atoms with van der Waals surface area (Å²) in [4.78, 5) is 18.3. The van der Waals surface area contributed by atoms with Crippen molar-refractivity contribution >= 4 is 5.91 Å². The van der Waals surface area contributed by atoms with Gasteiger partial charge >= 0.3 is 0 Å². The number of aromatic nitrogens is 1. The summed E-state index contributed by atoms with van der Waals surface area (Å²) in [5.41, 5.74) is 0.170. The smallest absolute Gasteiger partial charge is 0.289 e. The van der Waals surface area contributed by atoms with Gasteiger partial charge in [0, 0.05) is 19.3 Å². The fourth-order valence-corrected chi connectivity index (χ4v) is 3.71. The molecule has 2 fully saturated rings. The monoisotopic (exact) mass is 342 g/mol. The molecule has 2 aromatic heterocycles. The van der Waals surface area contributed by atoms with E-state index < -0.39 is 0 Å². The van der Waals surface area contributed by atoms with Crippen molar-refractivity contribution in [1.29, 1.82) is 0 Å². The number of amides is 1. The molecule has 0 unspecified atom stereocenters. The molecule has 25 heavy (non-hydrogen) atoms. The van der Waals surface area contributed by atoms with Crippen molar-refractivity contribution in [2.24, 2.45) is 5.41 Å². The third-order valence-corrected chi connectivity index (χ3v) is 5.20. The maximum absolute atomic E-state index is 12.4. The Balaban J connectivity index is 1.28. The molecule has 1 atom stereocenters. The number of nitrogens with zero attached hydrogens (tertiary/aromatic N) is 2. The van der Waals surface area contributed by atoms with Gasteiger partial charge in [-0.15, -0.1) is 0 Å². The number of furan rings is 1. The van der Waals surface area contributed by atoms with E-state index in [4.69, 9.17) is 13.9 Å². The fraction of sp³-hybridized carbons (Fsp3) is 0.474. The molecule has 2 aliphatic rings. The van der Waals surface area contributed by atoms with Gasteiger partial charge in [0.1, 0.15) is 12.4 Å². The molecule has 2 saturated heterocycles. The maximum Gasteiger partial charge on any atom is 0.289 e. The summed E-state index contributed by atoms with van der Waals surface area (Å²) >= 11 is 0. The van der Waals surface area contributed by atoms with Crippen molar-refractivity contribution < 1.29 is 18.7 Å². The van der Waals surface area contributed by atoms with E-state index in [1.165, 1.54) is 6.26 Å². The summed E-state index contributed by atoms with van der Waals surface area (Å²) in [5.74, 6) is 1.17. The summed E-state index contributed by atoms with van der Waals surface area (Å²) < 4.78 is 17.0. The predicted octanol–water partition coefficient (Wildman–Crippen LogP) is 2.76. The summed E-state index contributed by atoms with van der Waals surface area (Å²) in [7, 11) is 0. The third-order valence-electron chi connectivity index (χ3n) is 5.20. The van der Waals surface area contributed by atoms with Crippen LogP contribution in [-0.2, 0) is 4.74 Å². The summed E-state index contributed by atoms with van der Waals surface area (Å²) in [5, 5.41) is 0. The van der Waals surface area contributed by atoms with Gasteiger partial charge in [-0.05, 0) is 48.9 Å². The molecule has 6 nitrogen and oxygen atoms in total. The van der Waals surface area contributed by atoms with Crippen LogP contribution in [0.4, 0.5) is 0 Å². The van der Waals surface area contributed by atoms with E-state index in [-0.39, 0.29) is 17.4 Å². The Morgan fingerprint density at radius 3 is 2.92 bits per heavy atom. The van der Waals surface area contributed by atoms with E-state index >= 15 is 0 Å².